The number of hydrogen-bond acceptors (Lipinski definition) is 3. The van der Waals surface area contributed by atoms with Crippen molar-refractivity contribution in [2.24, 2.45) is 0 Å². The zero-order valence-corrected chi connectivity index (χ0v) is 7.85. The van der Waals surface area contributed by atoms with Gasteiger partial charge in [0.05, 0.1) is 5.69 Å². The Bertz CT molecular complexity index is 298. The Morgan fingerprint density at radius 3 is 2.62 bits per heavy atom. The zero-order chi connectivity index (χ0) is 9.47. The number of aromatic nitrogens is 1. The van der Waals surface area contributed by atoms with Gasteiger partial charge in [-0.15, -0.1) is 0 Å². The second kappa shape index (κ2) is 2.80. The third-order valence-corrected chi connectivity index (χ3v) is 2.56. The van der Waals surface area contributed by atoms with Gasteiger partial charge in [-0.05, 0) is 13.8 Å². The molecule has 0 amide bonds. The van der Waals surface area contributed by atoms with E-state index in [1.165, 1.54) is 0 Å². The molecule has 0 spiro atoms. The van der Waals surface area contributed by atoms with Gasteiger partial charge in [-0.25, -0.2) is 4.39 Å². The van der Waals surface area contributed by atoms with Crippen LogP contribution in [0.4, 0.5) is 4.39 Å². The van der Waals surface area contributed by atoms with E-state index in [-0.39, 0.29) is 0 Å². The number of hydrogen-bond donors (Lipinski definition) is 1. The number of nitrogens with one attached hydrogen (secondary N) is 1. The van der Waals surface area contributed by atoms with Crippen LogP contribution in [-0.4, -0.2) is 23.9 Å². The van der Waals surface area contributed by atoms with Crippen molar-refractivity contribution < 1.29 is 8.91 Å². The Morgan fingerprint density at radius 2 is 2.23 bits per heavy atom. The number of halogens is 1. The standard InChI is InChI=1S/C9H13FN2O/c1-6-8(7(2)13-12-6)3-9(10)4-11-5-9/h11H,3-5H2,1-2H3. The molecule has 13 heavy (non-hydrogen) atoms. The van der Waals surface area contributed by atoms with Crippen molar-refractivity contribution in [3.63, 3.8) is 0 Å². The fourth-order valence-corrected chi connectivity index (χ4v) is 1.59. The molecule has 0 bridgehead atoms. The maximum Gasteiger partial charge on any atom is 0.139 e. The summed E-state index contributed by atoms with van der Waals surface area (Å²) in [5, 5.41) is 6.72. The number of rotatable bonds is 2. The fourth-order valence-electron chi connectivity index (χ4n) is 1.59. The molecule has 1 saturated heterocycles. The molecule has 0 aliphatic carbocycles. The third kappa shape index (κ3) is 1.46. The maximum atomic E-state index is 13.7. The third-order valence-electron chi connectivity index (χ3n) is 2.56. The van der Waals surface area contributed by atoms with Gasteiger partial charge in [0.2, 0.25) is 0 Å². The summed E-state index contributed by atoms with van der Waals surface area (Å²) >= 11 is 0. The van der Waals surface area contributed by atoms with Crippen LogP contribution < -0.4 is 5.32 Å². The van der Waals surface area contributed by atoms with Crippen LogP contribution in [0.3, 0.4) is 0 Å². The lowest BCUT2D eigenvalue weighted by Gasteiger charge is -2.34. The summed E-state index contributed by atoms with van der Waals surface area (Å²) in [6.45, 7) is 4.56. The molecule has 0 saturated carbocycles. The molecule has 3 nitrogen and oxygen atoms in total. The summed E-state index contributed by atoms with van der Waals surface area (Å²) in [4.78, 5) is 0. The SMILES string of the molecule is Cc1noc(C)c1CC1(F)CNC1. The van der Waals surface area contributed by atoms with Gasteiger partial charge in [-0.3, -0.25) is 0 Å². The summed E-state index contributed by atoms with van der Waals surface area (Å²) in [5.74, 6) is 0.737. The predicted molar refractivity (Wildman–Crippen MR) is 46.4 cm³/mol. The number of alkyl halides is 1. The molecule has 2 rings (SSSR count). The van der Waals surface area contributed by atoms with Gasteiger partial charge in [-0.2, -0.15) is 0 Å². The summed E-state index contributed by atoms with van der Waals surface area (Å²) in [6.07, 6.45) is 0.418. The summed E-state index contributed by atoms with van der Waals surface area (Å²) in [6, 6.07) is 0. The van der Waals surface area contributed by atoms with E-state index in [2.05, 4.69) is 10.5 Å². The lowest BCUT2D eigenvalue weighted by Crippen LogP contribution is -2.57. The van der Waals surface area contributed by atoms with E-state index in [1.807, 2.05) is 13.8 Å². The molecule has 4 heteroatoms. The highest BCUT2D eigenvalue weighted by atomic mass is 19.1. The molecule has 1 N–H and O–H groups in total. The molecular weight excluding hydrogens is 171 g/mol. The van der Waals surface area contributed by atoms with Crippen molar-refractivity contribution >= 4 is 0 Å². The minimum atomic E-state index is -1.08. The average molecular weight is 184 g/mol. The Labute approximate surface area is 76.3 Å². The summed E-state index contributed by atoms with van der Waals surface area (Å²) < 4.78 is 18.7. The van der Waals surface area contributed by atoms with E-state index >= 15 is 0 Å². The van der Waals surface area contributed by atoms with Gasteiger partial charge in [0.15, 0.2) is 0 Å². The van der Waals surface area contributed by atoms with Gasteiger partial charge >= 0.3 is 0 Å². The number of aryl methyl sites for hydroxylation is 2. The average Bonchev–Trinajstić information content (AvgIpc) is 2.33. The molecule has 2 heterocycles. The molecular formula is C9H13FN2O. The van der Waals surface area contributed by atoms with Gasteiger partial charge in [0.1, 0.15) is 11.4 Å². The van der Waals surface area contributed by atoms with E-state index in [0.717, 1.165) is 17.0 Å². The first-order valence-corrected chi connectivity index (χ1v) is 4.42. The van der Waals surface area contributed by atoms with Gasteiger partial charge in [0.25, 0.3) is 0 Å². The number of nitrogens with zero attached hydrogens (tertiary/aromatic N) is 1. The van der Waals surface area contributed by atoms with Crippen molar-refractivity contribution in [1.29, 1.82) is 0 Å². The highest BCUT2D eigenvalue weighted by Crippen LogP contribution is 2.25. The van der Waals surface area contributed by atoms with Crippen LogP contribution in [0.15, 0.2) is 4.52 Å². The van der Waals surface area contributed by atoms with E-state index in [9.17, 15) is 4.39 Å². The van der Waals surface area contributed by atoms with Crippen LogP contribution in [0.1, 0.15) is 17.0 Å². The first kappa shape index (κ1) is 8.69. The zero-order valence-electron chi connectivity index (χ0n) is 7.85. The molecule has 1 fully saturated rings. The summed E-state index contributed by atoms with van der Waals surface area (Å²) in [7, 11) is 0. The van der Waals surface area contributed by atoms with Gasteiger partial charge in [0, 0.05) is 25.1 Å². The van der Waals surface area contributed by atoms with E-state index in [0.29, 0.717) is 19.5 Å². The van der Waals surface area contributed by atoms with Crippen LogP contribution in [0.5, 0.6) is 0 Å². The lowest BCUT2D eigenvalue weighted by atomic mass is 9.90. The molecule has 0 aromatic carbocycles. The second-order valence-corrected chi connectivity index (χ2v) is 3.73. The van der Waals surface area contributed by atoms with Gasteiger partial charge in [-0.1, -0.05) is 5.16 Å². The molecule has 72 valence electrons. The van der Waals surface area contributed by atoms with E-state index in [1.54, 1.807) is 0 Å². The second-order valence-electron chi connectivity index (χ2n) is 3.73. The van der Waals surface area contributed by atoms with Crippen LogP contribution in [0.25, 0.3) is 0 Å². The largest absolute Gasteiger partial charge is 0.361 e. The van der Waals surface area contributed by atoms with Crippen molar-refractivity contribution in [3.8, 4) is 0 Å². The topological polar surface area (TPSA) is 38.1 Å². The molecule has 1 aliphatic heterocycles. The normalized spacial score (nSPS) is 19.9. The Hall–Kier alpha value is -0.900. The van der Waals surface area contributed by atoms with Crippen LogP contribution in [0.2, 0.25) is 0 Å². The van der Waals surface area contributed by atoms with Crippen LogP contribution in [0, 0.1) is 13.8 Å². The predicted octanol–water partition coefficient (Wildman–Crippen LogP) is 1.15. The highest BCUT2D eigenvalue weighted by molar-refractivity contribution is 5.24. The maximum absolute atomic E-state index is 13.7. The molecule has 0 unspecified atom stereocenters. The quantitative estimate of drug-likeness (QED) is 0.749. The molecule has 0 radical (unpaired) electrons. The molecule has 1 aliphatic rings. The smallest absolute Gasteiger partial charge is 0.139 e. The van der Waals surface area contributed by atoms with Crippen molar-refractivity contribution in [3.05, 3.63) is 17.0 Å². The molecule has 1 aromatic rings. The van der Waals surface area contributed by atoms with Gasteiger partial charge < -0.3 is 9.84 Å². The first-order chi connectivity index (χ1) is 6.11. The molecule has 1 aromatic heterocycles. The minimum absolute atomic E-state index is 0.418. The van der Waals surface area contributed by atoms with E-state index in [4.69, 9.17) is 4.52 Å². The molecule has 0 atom stereocenters. The highest BCUT2D eigenvalue weighted by Gasteiger charge is 2.38. The lowest BCUT2D eigenvalue weighted by molar-refractivity contribution is 0.0906. The van der Waals surface area contributed by atoms with E-state index < -0.39 is 5.67 Å². The van der Waals surface area contributed by atoms with Crippen LogP contribution >= 0.6 is 0 Å². The Kier molecular flexibility index (Phi) is 1.87. The minimum Gasteiger partial charge on any atom is -0.361 e. The van der Waals surface area contributed by atoms with Crippen molar-refractivity contribution in [2.45, 2.75) is 25.9 Å². The Balaban J connectivity index is 2.17. The Morgan fingerprint density at radius 1 is 1.54 bits per heavy atom. The summed E-state index contributed by atoms with van der Waals surface area (Å²) in [5.41, 5.74) is 0.645. The fraction of sp³-hybridized carbons (Fsp3) is 0.667. The van der Waals surface area contributed by atoms with Crippen molar-refractivity contribution in [2.75, 3.05) is 13.1 Å². The first-order valence-electron chi connectivity index (χ1n) is 4.42. The monoisotopic (exact) mass is 184 g/mol. The van der Waals surface area contributed by atoms with Crippen molar-refractivity contribution in [1.82, 2.24) is 10.5 Å². The van der Waals surface area contributed by atoms with Crippen LogP contribution in [-0.2, 0) is 6.42 Å².